The van der Waals surface area contributed by atoms with Crippen LogP contribution in [-0.4, -0.2) is 44.0 Å². The number of amides is 2. The molecule has 27 heavy (non-hydrogen) atoms. The zero-order valence-electron chi connectivity index (χ0n) is 15.0. The van der Waals surface area contributed by atoms with Gasteiger partial charge in [-0.2, -0.15) is 0 Å². The lowest BCUT2D eigenvalue weighted by Gasteiger charge is -2.18. The molecule has 1 N–H and O–H groups in total. The molecule has 0 unspecified atom stereocenters. The minimum absolute atomic E-state index is 0.120. The van der Waals surface area contributed by atoms with Crippen molar-refractivity contribution in [3.8, 4) is 11.5 Å². The molecule has 0 spiro atoms. The molecule has 0 aliphatic rings. The number of likely N-dealkylation sites (N-methyl/N-ethyl adjacent to an activating group) is 1. The highest BCUT2D eigenvalue weighted by Gasteiger charge is 2.15. The summed E-state index contributed by atoms with van der Waals surface area (Å²) in [6, 6.07) is 12.1. The molecule has 0 atom stereocenters. The van der Waals surface area contributed by atoms with Crippen molar-refractivity contribution in [1.29, 1.82) is 0 Å². The highest BCUT2D eigenvalue weighted by molar-refractivity contribution is 6.39. The Morgan fingerprint density at radius 1 is 1.04 bits per heavy atom. The highest BCUT2D eigenvalue weighted by Crippen LogP contribution is 2.29. The minimum Gasteiger partial charge on any atom is -0.493 e. The minimum atomic E-state index is -0.397. The van der Waals surface area contributed by atoms with Crippen LogP contribution in [0.5, 0.6) is 11.5 Å². The van der Waals surface area contributed by atoms with E-state index in [1.54, 1.807) is 44.5 Å². The molecular formula is C19H20Cl2N2O4. The van der Waals surface area contributed by atoms with E-state index in [9.17, 15) is 9.59 Å². The summed E-state index contributed by atoms with van der Waals surface area (Å²) >= 11 is 12.0. The van der Waals surface area contributed by atoms with Gasteiger partial charge in [0.2, 0.25) is 11.8 Å². The maximum atomic E-state index is 12.2. The number of nitrogens with one attached hydrogen (secondary N) is 1. The van der Waals surface area contributed by atoms with Gasteiger partial charge in [-0.25, -0.2) is 0 Å². The SMILES string of the molecule is COc1ccccc1OCCC(=O)N(C)CC(=O)Nc1c(Cl)cccc1Cl. The summed E-state index contributed by atoms with van der Waals surface area (Å²) in [5.41, 5.74) is 0.325. The first-order valence-corrected chi connectivity index (χ1v) is 8.91. The molecule has 8 heteroatoms. The lowest BCUT2D eigenvalue weighted by atomic mass is 10.3. The monoisotopic (exact) mass is 410 g/mol. The molecule has 2 rings (SSSR count). The molecule has 0 radical (unpaired) electrons. The maximum absolute atomic E-state index is 12.2. The summed E-state index contributed by atoms with van der Waals surface area (Å²) in [4.78, 5) is 25.6. The fourth-order valence-electron chi connectivity index (χ4n) is 2.28. The van der Waals surface area contributed by atoms with E-state index >= 15 is 0 Å². The largest absolute Gasteiger partial charge is 0.493 e. The zero-order chi connectivity index (χ0) is 19.8. The molecule has 2 amide bonds. The van der Waals surface area contributed by atoms with Crippen molar-refractivity contribution in [2.75, 3.05) is 32.6 Å². The molecular weight excluding hydrogens is 391 g/mol. The molecule has 0 aromatic heterocycles. The third-order valence-corrected chi connectivity index (χ3v) is 4.31. The molecule has 0 aliphatic heterocycles. The van der Waals surface area contributed by atoms with Gasteiger partial charge in [0.1, 0.15) is 0 Å². The lowest BCUT2D eigenvalue weighted by molar-refractivity contribution is -0.133. The number of nitrogens with zero attached hydrogens (tertiary/aromatic N) is 1. The van der Waals surface area contributed by atoms with Crippen LogP contribution in [0, 0.1) is 0 Å². The molecule has 2 aromatic rings. The van der Waals surface area contributed by atoms with Crippen LogP contribution in [0.1, 0.15) is 6.42 Å². The van der Waals surface area contributed by atoms with Crippen LogP contribution in [0.3, 0.4) is 0 Å². The van der Waals surface area contributed by atoms with Gasteiger partial charge in [0.15, 0.2) is 11.5 Å². The number of methoxy groups -OCH3 is 1. The number of anilines is 1. The van der Waals surface area contributed by atoms with Crippen LogP contribution in [0.4, 0.5) is 5.69 Å². The molecule has 0 bridgehead atoms. The van der Waals surface area contributed by atoms with Crippen LogP contribution in [-0.2, 0) is 9.59 Å². The number of hydrogen-bond donors (Lipinski definition) is 1. The smallest absolute Gasteiger partial charge is 0.244 e. The van der Waals surface area contributed by atoms with E-state index in [0.29, 0.717) is 27.2 Å². The van der Waals surface area contributed by atoms with Crippen LogP contribution in [0.25, 0.3) is 0 Å². The fourth-order valence-corrected chi connectivity index (χ4v) is 2.77. The Labute approximate surface area is 168 Å². The summed E-state index contributed by atoms with van der Waals surface area (Å²) in [7, 11) is 3.09. The average Bonchev–Trinajstić information content (AvgIpc) is 2.65. The van der Waals surface area contributed by atoms with Gasteiger partial charge >= 0.3 is 0 Å². The van der Waals surface area contributed by atoms with Gasteiger partial charge in [-0.1, -0.05) is 41.4 Å². The molecule has 2 aromatic carbocycles. The second-order valence-corrected chi connectivity index (χ2v) is 6.46. The Morgan fingerprint density at radius 2 is 1.67 bits per heavy atom. The number of carbonyl (C=O) groups is 2. The van der Waals surface area contributed by atoms with Crippen LogP contribution in [0.2, 0.25) is 10.0 Å². The van der Waals surface area contributed by atoms with E-state index in [0.717, 1.165) is 0 Å². The average molecular weight is 411 g/mol. The number of carbonyl (C=O) groups excluding carboxylic acids is 2. The number of para-hydroxylation sites is 3. The predicted octanol–water partition coefficient (Wildman–Crippen LogP) is 3.87. The summed E-state index contributed by atoms with van der Waals surface area (Å²) in [5, 5.41) is 3.27. The Kier molecular flexibility index (Phi) is 7.76. The van der Waals surface area contributed by atoms with Gasteiger partial charge in [0, 0.05) is 7.05 Å². The Balaban J connectivity index is 1.82. The quantitative estimate of drug-likeness (QED) is 0.716. The predicted molar refractivity (Wildman–Crippen MR) is 106 cm³/mol. The van der Waals surface area contributed by atoms with Gasteiger partial charge in [-0.3, -0.25) is 9.59 Å². The van der Waals surface area contributed by atoms with E-state index < -0.39 is 5.91 Å². The van der Waals surface area contributed by atoms with Gasteiger partial charge in [-0.15, -0.1) is 0 Å². The summed E-state index contributed by atoms with van der Waals surface area (Å²) in [6.45, 7) is 0.0382. The van der Waals surface area contributed by atoms with Crippen LogP contribution >= 0.6 is 23.2 Å². The van der Waals surface area contributed by atoms with E-state index in [-0.39, 0.29) is 25.5 Å². The Morgan fingerprint density at radius 3 is 2.30 bits per heavy atom. The standard InChI is InChI=1S/C19H20Cl2N2O4/c1-23(12-17(24)22-19-13(20)6-5-7-14(19)21)18(25)10-11-27-16-9-4-3-8-15(16)26-2/h3-9H,10-12H2,1-2H3,(H,22,24). The summed E-state index contributed by atoms with van der Waals surface area (Å²) < 4.78 is 10.8. The van der Waals surface area contributed by atoms with Gasteiger partial charge in [0.05, 0.1) is 42.4 Å². The van der Waals surface area contributed by atoms with Crippen molar-refractivity contribution in [1.82, 2.24) is 4.90 Å². The van der Waals surface area contributed by atoms with Crippen LogP contribution in [0.15, 0.2) is 42.5 Å². The van der Waals surface area contributed by atoms with E-state index in [4.69, 9.17) is 32.7 Å². The van der Waals surface area contributed by atoms with Gasteiger partial charge < -0.3 is 19.7 Å². The highest BCUT2D eigenvalue weighted by atomic mass is 35.5. The van der Waals surface area contributed by atoms with Crippen molar-refractivity contribution in [3.63, 3.8) is 0 Å². The second-order valence-electron chi connectivity index (χ2n) is 5.64. The maximum Gasteiger partial charge on any atom is 0.244 e. The number of benzene rings is 2. The molecule has 0 aliphatic carbocycles. The molecule has 6 nitrogen and oxygen atoms in total. The Bertz CT molecular complexity index is 794. The van der Waals surface area contributed by atoms with Gasteiger partial charge in [0.25, 0.3) is 0 Å². The molecule has 0 saturated heterocycles. The Hall–Kier alpha value is -2.44. The first-order chi connectivity index (χ1) is 12.9. The van der Waals surface area contributed by atoms with E-state index in [1.807, 2.05) is 12.1 Å². The second kappa shape index (κ2) is 10.0. The van der Waals surface area contributed by atoms with Crippen molar-refractivity contribution in [2.45, 2.75) is 6.42 Å². The van der Waals surface area contributed by atoms with Crippen molar-refractivity contribution >= 4 is 40.7 Å². The molecule has 0 fully saturated rings. The van der Waals surface area contributed by atoms with Crippen molar-refractivity contribution < 1.29 is 19.1 Å². The number of halogens is 2. The number of rotatable bonds is 8. The van der Waals surface area contributed by atoms with E-state index in [1.165, 1.54) is 4.90 Å². The van der Waals surface area contributed by atoms with Gasteiger partial charge in [-0.05, 0) is 24.3 Å². The first kappa shape index (κ1) is 20.9. The number of ether oxygens (including phenoxy) is 2. The first-order valence-electron chi connectivity index (χ1n) is 8.16. The third kappa shape index (κ3) is 6.05. The lowest BCUT2D eigenvalue weighted by Crippen LogP contribution is -2.35. The molecule has 0 saturated carbocycles. The topological polar surface area (TPSA) is 67.9 Å². The van der Waals surface area contributed by atoms with Crippen molar-refractivity contribution in [2.24, 2.45) is 0 Å². The summed E-state index contributed by atoms with van der Waals surface area (Å²) in [5.74, 6) is 0.521. The fraction of sp³-hybridized carbons (Fsp3) is 0.263. The molecule has 144 valence electrons. The summed E-state index contributed by atoms with van der Waals surface area (Å²) in [6.07, 6.45) is 0.120. The third-order valence-electron chi connectivity index (χ3n) is 3.68. The normalized spacial score (nSPS) is 10.2. The zero-order valence-corrected chi connectivity index (χ0v) is 16.5. The van der Waals surface area contributed by atoms with Crippen molar-refractivity contribution in [3.05, 3.63) is 52.5 Å². The van der Waals surface area contributed by atoms with E-state index in [2.05, 4.69) is 5.32 Å². The van der Waals surface area contributed by atoms with Crippen LogP contribution < -0.4 is 14.8 Å². The molecule has 0 heterocycles. The number of hydrogen-bond acceptors (Lipinski definition) is 4.